The summed E-state index contributed by atoms with van der Waals surface area (Å²) in [4.78, 5) is 14.2. The number of hydrogen-bond donors (Lipinski definition) is 0. The van der Waals surface area contributed by atoms with Gasteiger partial charge in [0, 0.05) is 31.8 Å². The van der Waals surface area contributed by atoms with Crippen molar-refractivity contribution in [1.82, 2.24) is 0 Å². The van der Waals surface area contributed by atoms with Crippen molar-refractivity contribution < 1.29 is 13.9 Å². The molecule has 0 bridgehead atoms. The first-order valence-corrected chi connectivity index (χ1v) is 6.64. The van der Waals surface area contributed by atoms with Crippen LogP contribution in [0.25, 0.3) is 0 Å². The fourth-order valence-corrected chi connectivity index (χ4v) is 2.05. The minimum Gasteiger partial charge on any atom is -0.494 e. The summed E-state index contributed by atoms with van der Waals surface area (Å²) < 4.78 is 18.5. The van der Waals surface area contributed by atoms with Crippen molar-refractivity contribution in [3.63, 3.8) is 0 Å². The van der Waals surface area contributed by atoms with Gasteiger partial charge in [-0.1, -0.05) is 6.07 Å². The number of carbonyl (C=O) groups excluding carboxylic acids is 1. The molecule has 2 aromatic rings. The predicted octanol–water partition coefficient (Wildman–Crippen LogP) is 3.33. The van der Waals surface area contributed by atoms with Crippen molar-refractivity contribution in [3.05, 3.63) is 59.4 Å². The molecular formula is C17H18FNO2. The Bertz CT molecular complexity index is 636. The van der Waals surface area contributed by atoms with Crippen LogP contribution in [0.15, 0.2) is 42.5 Å². The molecule has 0 saturated heterocycles. The maximum atomic E-state index is 13.6. The zero-order valence-electron chi connectivity index (χ0n) is 12.4. The Morgan fingerprint density at radius 2 is 1.81 bits per heavy atom. The number of hydrogen-bond acceptors (Lipinski definition) is 3. The summed E-state index contributed by atoms with van der Waals surface area (Å²) in [5.74, 6) is -0.308. The van der Waals surface area contributed by atoms with Crippen LogP contribution in [0, 0.1) is 5.82 Å². The fourth-order valence-electron chi connectivity index (χ4n) is 2.05. The summed E-state index contributed by atoms with van der Waals surface area (Å²) in [6, 6.07) is 11.9. The highest BCUT2D eigenvalue weighted by atomic mass is 19.1. The van der Waals surface area contributed by atoms with Crippen molar-refractivity contribution in [1.29, 1.82) is 0 Å². The Morgan fingerprint density at radius 1 is 1.14 bits per heavy atom. The van der Waals surface area contributed by atoms with Crippen LogP contribution in [0.2, 0.25) is 0 Å². The van der Waals surface area contributed by atoms with E-state index in [-0.39, 0.29) is 18.0 Å². The molecule has 0 N–H and O–H groups in total. The molecule has 0 aliphatic carbocycles. The van der Waals surface area contributed by atoms with E-state index in [1.165, 1.54) is 19.2 Å². The molecular weight excluding hydrogens is 269 g/mol. The van der Waals surface area contributed by atoms with Crippen LogP contribution in [0.3, 0.4) is 0 Å². The molecule has 0 aromatic heterocycles. The predicted molar refractivity (Wildman–Crippen MR) is 81.8 cm³/mol. The molecule has 0 spiro atoms. The number of nitrogens with zero attached hydrogens (tertiary/aromatic N) is 1. The summed E-state index contributed by atoms with van der Waals surface area (Å²) in [6.45, 7) is 0. The zero-order valence-corrected chi connectivity index (χ0v) is 12.4. The van der Waals surface area contributed by atoms with Gasteiger partial charge < -0.3 is 9.64 Å². The average Bonchev–Trinajstić information content (AvgIpc) is 2.47. The van der Waals surface area contributed by atoms with Crippen LogP contribution in [0.5, 0.6) is 5.75 Å². The maximum Gasteiger partial charge on any atom is 0.167 e. The molecule has 0 aliphatic rings. The number of ether oxygens (including phenoxy) is 1. The van der Waals surface area contributed by atoms with Crippen molar-refractivity contribution >= 4 is 11.5 Å². The second-order valence-electron chi connectivity index (χ2n) is 5.01. The molecule has 0 fully saturated rings. The molecule has 0 heterocycles. The normalized spacial score (nSPS) is 10.3. The lowest BCUT2D eigenvalue weighted by Crippen LogP contribution is -2.09. The van der Waals surface area contributed by atoms with E-state index >= 15 is 0 Å². The van der Waals surface area contributed by atoms with Gasteiger partial charge in [0.25, 0.3) is 0 Å². The molecule has 110 valence electrons. The smallest absolute Gasteiger partial charge is 0.167 e. The number of rotatable bonds is 5. The lowest BCUT2D eigenvalue weighted by molar-refractivity contribution is 0.0993. The van der Waals surface area contributed by atoms with Gasteiger partial charge >= 0.3 is 0 Å². The van der Waals surface area contributed by atoms with Gasteiger partial charge in [0.05, 0.1) is 7.11 Å². The molecule has 0 aliphatic heterocycles. The largest absolute Gasteiger partial charge is 0.494 e. The molecule has 0 atom stereocenters. The van der Waals surface area contributed by atoms with Crippen molar-refractivity contribution in [3.8, 4) is 5.75 Å². The number of methoxy groups -OCH3 is 1. The highest BCUT2D eigenvalue weighted by Crippen LogP contribution is 2.19. The van der Waals surface area contributed by atoms with Crippen LogP contribution in [0.4, 0.5) is 10.1 Å². The van der Waals surface area contributed by atoms with Crippen LogP contribution >= 0.6 is 0 Å². The molecule has 21 heavy (non-hydrogen) atoms. The van der Waals surface area contributed by atoms with E-state index in [0.29, 0.717) is 11.1 Å². The fraction of sp³-hybridized carbons (Fsp3) is 0.235. The van der Waals surface area contributed by atoms with Crippen LogP contribution in [-0.2, 0) is 6.42 Å². The van der Waals surface area contributed by atoms with E-state index in [1.807, 2.05) is 31.1 Å². The molecule has 0 saturated carbocycles. The van der Waals surface area contributed by atoms with Gasteiger partial charge in [-0.15, -0.1) is 0 Å². The van der Waals surface area contributed by atoms with E-state index in [4.69, 9.17) is 4.74 Å². The van der Waals surface area contributed by atoms with E-state index < -0.39 is 5.82 Å². The van der Waals surface area contributed by atoms with E-state index in [1.54, 1.807) is 18.2 Å². The number of anilines is 1. The van der Waals surface area contributed by atoms with Crippen LogP contribution < -0.4 is 9.64 Å². The first-order valence-electron chi connectivity index (χ1n) is 6.64. The van der Waals surface area contributed by atoms with Crippen LogP contribution in [-0.4, -0.2) is 27.0 Å². The molecule has 3 nitrogen and oxygen atoms in total. The van der Waals surface area contributed by atoms with E-state index in [2.05, 4.69) is 0 Å². The van der Waals surface area contributed by atoms with Crippen molar-refractivity contribution in [2.45, 2.75) is 6.42 Å². The Kier molecular flexibility index (Phi) is 4.58. The number of carbonyl (C=O) groups is 1. The van der Waals surface area contributed by atoms with Crippen molar-refractivity contribution in [2.24, 2.45) is 0 Å². The second-order valence-corrected chi connectivity index (χ2v) is 5.01. The Labute approximate surface area is 124 Å². The molecule has 0 unspecified atom stereocenters. The van der Waals surface area contributed by atoms with Gasteiger partial charge in [-0.2, -0.15) is 0 Å². The van der Waals surface area contributed by atoms with Crippen molar-refractivity contribution in [2.75, 3.05) is 26.1 Å². The molecule has 4 heteroatoms. The van der Waals surface area contributed by atoms with Gasteiger partial charge in [-0.3, -0.25) is 4.79 Å². The van der Waals surface area contributed by atoms with E-state index in [9.17, 15) is 9.18 Å². The number of ketones is 1. The third kappa shape index (κ3) is 3.60. The molecule has 2 rings (SSSR count). The lowest BCUT2D eigenvalue weighted by Gasteiger charge is -2.12. The van der Waals surface area contributed by atoms with Gasteiger partial charge in [-0.05, 0) is 42.0 Å². The quantitative estimate of drug-likeness (QED) is 0.790. The highest BCUT2D eigenvalue weighted by molar-refractivity contribution is 5.97. The second kappa shape index (κ2) is 6.39. The number of Topliss-reactive ketones (excluding diaryl/α,β-unsaturated/α-hetero) is 1. The minimum atomic E-state index is -0.453. The molecule has 2 aromatic carbocycles. The summed E-state index contributed by atoms with van der Waals surface area (Å²) in [6.07, 6.45) is 0.169. The van der Waals surface area contributed by atoms with Gasteiger partial charge in [-0.25, -0.2) is 4.39 Å². The number of halogens is 1. The third-order valence-electron chi connectivity index (χ3n) is 3.29. The Balaban J connectivity index is 2.12. The number of benzene rings is 2. The first kappa shape index (κ1) is 15.0. The van der Waals surface area contributed by atoms with E-state index in [0.717, 1.165) is 5.69 Å². The molecule has 0 amide bonds. The topological polar surface area (TPSA) is 29.5 Å². The zero-order chi connectivity index (χ0) is 15.4. The monoisotopic (exact) mass is 287 g/mol. The summed E-state index contributed by atoms with van der Waals surface area (Å²) >= 11 is 0. The SMILES string of the molecule is COc1ccc(CC(=O)c2ccc(N(C)C)cc2)cc1F. The van der Waals surface area contributed by atoms with Gasteiger partial charge in [0.2, 0.25) is 0 Å². The molecule has 0 radical (unpaired) electrons. The standard InChI is InChI=1S/C17H18FNO2/c1-19(2)14-7-5-13(6-8-14)16(20)11-12-4-9-17(21-3)15(18)10-12/h4-10H,11H2,1-3H3. The summed E-state index contributed by atoms with van der Waals surface area (Å²) in [5.41, 5.74) is 2.29. The van der Waals surface area contributed by atoms with Gasteiger partial charge in [0.15, 0.2) is 17.3 Å². The maximum absolute atomic E-state index is 13.6. The summed E-state index contributed by atoms with van der Waals surface area (Å²) in [7, 11) is 5.30. The Morgan fingerprint density at radius 3 is 2.33 bits per heavy atom. The van der Waals surface area contributed by atoms with Gasteiger partial charge in [0.1, 0.15) is 0 Å². The third-order valence-corrected chi connectivity index (χ3v) is 3.29. The minimum absolute atomic E-state index is 0.0372. The average molecular weight is 287 g/mol. The first-order chi connectivity index (χ1) is 10.0. The highest BCUT2D eigenvalue weighted by Gasteiger charge is 2.10. The summed E-state index contributed by atoms with van der Waals surface area (Å²) in [5, 5.41) is 0. The van der Waals surface area contributed by atoms with Crippen LogP contribution in [0.1, 0.15) is 15.9 Å². The Hall–Kier alpha value is -2.36. The lowest BCUT2D eigenvalue weighted by atomic mass is 10.0.